The molecule has 2 bridgehead atoms. The van der Waals surface area contributed by atoms with E-state index >= 15 is 0 Å². The minimum absolute atomic E-state index is 0.0235. The van der Waals surface area contributed by atoms with Gasteiger partial charge in [0.25, 0.3) is 0 Å². The lowest BCUT2D eigenvalue weighted by Crippen LogP contribution is -2.68. The fourth-order valence-corrected chi connectivity index (χ4v) is 8.91. The predicted octanol–water partition coefficient (Wildman–Crippen LogP) is 4.40. The largest absolute Gasteiger partial charge is 0.491 e. The summed E-state index contributed by atoms with van der Waals surface area (Å²) in [6.45, 7) is 11.9. The van der Waals surface area contributed by atoms with Gasteiger partial charge in [0, 0.05) is 81.3 Å². The molecule has 14 nitrogen and oxygen atoms in total. The standard InChI is InChI=1S/C38H46N10O4/c1-38(2,3)33-11-25-20-44(8-7-32(25)48(33)37(49)50)9-10-52-29-13-30(36-26(14-39)16-43-47(36)23-29)31-17-41-34(18-40-31)45-21-27-12-28(22-45)46(27)19-24-5-6-35(51-4)42-15-24/h5-6,13,15-18,23,25,27-28,32-33H,7-12,19-22H2,1-4H3,(H,49,50). The van der Waals surface area contributed by atoms with Gasteiger partial charge in [0.15, 0.2) is 0 Å². The van der Waals surface area contributed by atoms with Crippen LogP contribution in [-0.4, -0.2) is 121 Å². The van der Waals surface area contributed by atoms with E-state index in [4.69, 9.17) is 19.4 Å². The second-order valence-electron chi connectivity index (χ2n) is 15.7. The number of fused-ring (bicyclic) bond motifs is 4. The van der Waals surface area contributed by atoms with E-state index in [1.165, 1.54) is 12.0 Å². The molecule has 9 heterocycles. The quantitative estimate of drug-likeness (QED) is 0.263. The van der Waals surface area contributed by atoms with Crippen molar-refractivity contribution in [3.63, 3.8) is 0 Å². The van der Waals surface area contributed by atoms with Gasteiger partial charge in [-0.15, -0.1) is 0 Å². The number of amides is 1. The third kappa shape index (κ3) is 6.36. The molecule has 5 saturated heterocycles. The first-order valence-corrected chi connectivity index (χ1v) is 18.2. The van der Waals surface area contributed by atoms with Crippen LogP contribution in [0.25, 0.3) is 16.8 Å². The average Bonchev–Trinajstić information content (AvgIpc) is 3.76. The summed E-state index contributed by atoms with van der Waals surface area (Å²) in [4.78, 5) is 35.2. The summed E-state index contributed by atoms with van der Waals surface area (Å²) >= 11 is 0. The SMILES string of the molecule is COc1ccc(CN2C3CC2CN(c2cnc(-c4cc(OCCN5CCC6C(CC(C(C)(C)C)N6C(=O)O)C5)cn5ncc(C#N)c45)cn2)C3)cn1. The number of nitrogens with zero attached hydrogens (tertiary/aromatic N) is 10. The number of piperidine rings is 2. The van der Waals surface area contributed by atoms with Gasteiger partial charge in [0.05, 0.1) is 48.7 Å². The molecule has 5 aliphatic heterocycles. The van der Waals surface area contributed by atoms with E-state index in [2.05, 4.69) is 57.7 Å². The number of pyridine rings is 2. The highest BCUT2D eigenvalue weighted by Crippen LogP contribution is 2.43. The van der Waals surface area contributed by atoms with Crippen molar-refractivity contribution in [3.05, 3.63) is 60.3 Å². The van der Waals surface area contributed by atoms with E-state index in [0.717, 1.165) is 63.5 Å². The summed E-state index contributed by atoms with van der Waals surface area (Å²) in [5.74, 6) is 2.41. The van der Waals surface area contributed by atoms with Gasteiger partial charge in [0.1, 0.15) is 24.2 Å². The predicted molar refractivity (Wildman–Crippen MR) is 193 cm³/mol. The molecule has 4 aromatic heterocycles. The summed E-state index contributed by atoms with van der Waals surface area (Å²) in [6.07, 6.45) is 11.0. The molecular formula is C38H46N10O4. The van der Waals surface area contributed by atoms with Gasteiger partial charge >= 0.3 is 6.09 Å². The molecule has 4 aromatic rings. The third-order valence-electron chi connectivity index (χ3n) is 11.6. The highest BCUT2D eigenvalue weighted by Gasteiger charge is 2.50. The van der Waals surface area contributed by atoms with Crippen LogP contribution < -0.4 is 14.4 Å². The van der Waals surface area contributed by atoms with Gasteiger partial charge in [-0.25, -0.2) is 19.3 Å². The topological polar surface area (TPSA) is 148 Å². The maximum Gasteiger partial charge on any atom is 0.407 e. The molecule has 0 aliphatic carbocycles. The Morgan fingerprint density at radius 2 is 1.88 bits per heavy atom. The average molecular weight is 707 g/mol. The van der Waals surface area contributed by atoms with Crippen molar-refractivity contribution in [2.75, 3.05) is 51.3 Å². The van der Waals surface area contributed by atoms with Crippen molar-refractivity contribution < 1.29 is 19.4 Å². The molecule has 5 unspecified atom stereocenters. The Bertz CT molecular complexity index is 1960. The summed E-state index contributed by atoms with van der Waals surface area (Å²) in [6, 6.07) is 9.17. The number of carboxylic acid groups (broad SMARTS) is 1. The molecule has 5 aliphatic rings. The second kappa shape index (κ2) is 13.5. The Kier molecular flexibility index (Phi) is 8.87. The van der Waals surface area contributed by atoms with Crippen LogP contribution in [0.4, 0.5) is 10.6 Å². The van der Waals surface area contributed by atoms with Crippen LogP contribution in [-0.2, 0) is 6.54 Å². The second-order valence-corrected chi connectivity index (χ2v) is 15.7. The maximum atomic E-state index is 12.2. The molecule has 5 fully saturated rings. The van der Waals surface area contributed by atoms with E-state index in [1.807, 2.05) is 24.5 Å². The normalized spacial score (nSPS) is 24.7. The van der Waals surface area contributed by atoms with Crippen LogP contribution in [0, 0.1) is 22.7 Å². The Hall–Kier alpha value is -5.00. The zero-order chi connectivity index (χ0) is 36.1. The summed E-state index contributed by atoms with van der Waals surface area (Å²) in [5.41, 5.74) is 3.58. The fourth-order valence-electron chi connectivity index (χ4n) is 8.91. The van der Waals surface area contributed by atoms with Crippen molar-refractivity contribution >= 4 is 17.4 Å². The first-order chi connectivity index (χ1) is 25.1. The van der Waals surface area contributed by atoms with Crippen molar-refractivity contribution in [2.45, 2.75) is 70.7 Å². The van der Waals surface area contributed by atoms with Gasteiger partial charge in [-0.05, 0) is 42.2 Å². The van der Waals surface area contributed by atoms with Crippen molar-refractivity contribution in [1.82, 2.24) is 39.3 Å². The molecule has 0 spiro atoms. The van der Waals surface area contributed by atoms with Crippen LogP contribution in [0.5, 0.6) is 11.6 Å². The van der Waals surface area contributed by atoms with E-state index in [-0.39, 0.29) is 17.5 Å². The first-order valence-electron chi connectivity index (χ1n) is 18.2. The molecule has 0 saturated carbocycles. The van der Waals surface area contributed by atoms with Gasteiger partial charge in [-0.2, -0.15) is 10.4 Å². The molecule has 5 atom stereocenters. The molecule has 0 aromatic carbocycles. The number of ether oxygens (including phenoxy) is 2. The van der Waals surface area contributed by atoms with Crippen molar-refractivity contribution in [2.24, 2.45) is 11.3 Å². The number of aromatic nitrogens is 5. The number of nitriles is 1. The number of piperazine rings is 1. The molecule has 0 radical (unpaired) electrons. The highest BCUT2D eigenvalue weighted by molar-refractivity contribution is 5.83. The Morgan fingerprint density at radius 3 is 2.56 bits per heavy atom. The summed E-state index contributed by atoms with van der Waals surface area (Å²) in [5, 5.41) is 24.3. The Morgan fingerprint density at radius 1 is 1.06 bits per heavy atom. The lowest BCUT2D eigenvalue weighted by atomic mass is 9.83. The molecular weight excluding hydrogens is 660 g/mol. The zero-order valence-electron chi connectivity index (χ0n) is 30.2. The zero-order valence-corrected chi connectivity index (χ0v) is 30.2. The van der Waals surface area contributed by atoms with Crippen LogP contribution in [0.3, 0.4) is 0 Å². The molecule has 1 N–H and O–H groups in total. The van der Waals surface area contributed by atoms with Gasteiger partial charge in [-0.1, -0.05) is 26.8 Å². The number of carbonyl (C=O) groups is 1. The van der Waals surface area contributed by atoms with Crippen LogP contribution in [0.2, 0.25) is 0 Å². The van der Waals surface area contributed by atoms with Gasteiger partial charge in [-0.3, -0.25) is 14.8 Å². The first kappa shape index (κ1) is 34.1. The van der Waals surface area contributed by atoms with Crippen LogP contribution >= 0.6 is 0 Å². The van der Waals surface area contributed by atoms with Crippen molar-refractivity contribution in [3.8, 4) is 29.0 Å². The number of likely N-dealkylation sites (tertiary alicyclic amines) is 2. The lowest BCUT2D eigenvalue weighted by Gasteiger charge is -2.56. The van der Waals surface area contributed by atoms with Crippen LogP contribution in [0.1, 0.15) is 51.2 Å². The maximum absolute atomic E-state index is 12.2. The number of methoxy groups -OCH3 is 1. The van der Waals surface area contributed by atoms with Gasteiger partial charge < -0.3 is 24.4 Å². The molecule has 1 amide bonds. The van der Waals surface area contributed by atoms with E-state index < -0.39 is 6.09 Å². The van der Waals surface area contributed by atoms with E-state index in [1.54, 1.807) is 35.1 Å². The molecule has 14 heteroatoms. The van der Waals surface area contributed by atoms with Crippen LogP contribution in [0.15, 0.2) is 49.2 Å². The van der Waals surface area contributed by atoms with Crippen molar-refractivity contribution in [1.29, 1.82) is 5.26 Å². The Labute approximate surface area is 303 Å². The summed E-state index contributed by atoms with van der Waals surface area (Å²) in [7, 11) is 1.63. The monoisotopic (exact) mass is 706 g/mol. The molecule has 52 heavy (non-hydrogen) atoms. The smallest absolute Gasteiger partial charge is 0.407 e. The third-order valence-corrected chi connectivity index (χ3v) is 11.6. The lowest BCUT2D eigenvalue weighted by molar-refractivity contribution is -0.00879. The highest BCUT2D eigenvalue weighted by atomic mass is 16.5. The molecule has 272 valence electrons. The number of hydrogen-bond acceptors (Lipinski definition) is 11. The van der Waals surface area contributed by atoms with E-state index in [9.17, 15) is 15.2 Å². The number of rotatable bonds is 9. The Balaban J connectivity index is 0.918. The number of hydrogen-bond donors (Lipinski definition) is 1. The van der Waals surface area contributed by atoms with E-state index in [0.29, 0.717) is 53.0 Å². The fraction of sp³-hybridized carbons (Fsp3) is 0.526. The number of anilines is 1. The summed E-state index contributed by atoms with van der Waals surface area (Å²) < 4.78 is 13.2. The minimum atomic E-state index is -0.804. The molecule has 9 rings (SSSR count). The van der Waals surface area contributed by atoms with Gasteiger partial charge in [0.2, 0.25) is 5.88 Å². The minimum Gasteiger partial charge on any atom is -0.491 e.